The van der Waals surface area contributed by atoms with Crippen molar-refractivity contribution >= 4 is 11.5 Å². The number of hydrogen-bond donors (Lipinski definition) is 2. The number of rotatable bonds is 6. The van der Waals surface area contributed by atoms with Gasteiger partial charge in [-0.1, -0.05) is 18.2 Å². The van der Waals surface area contributed by atoms with E-state index in [0.717, 1.165) is 46.4 Å². The zero-order chi connectivity index (χ0) is 22.7. The Kier molecular flexibility index (Phi) is 6.53. The molecule has 3 aromatic rings. The lowest BCUT2D eigenvalue weighted by atomic mass is 9.93. The van der Waals surface area contributed by atoms with Gasteiger partial charge in [-0.2, -0.15) is 5.10 Å². The van der Waals surface area contributed by atoms with E-state index in [0.29, 0.717) is 18.7 Å². The van der Waals surface area contributed by atoms with E-state index >= 15 is 0 Å². The second-order valence-corrected chi connectivity index (χ2v) is 8.35. The fourth-order valence-electron chi connectivity index (χ4n) is 4.01. The molecule has 0 unspecified atom stereocenters. The molecule has 2 aromatic carbocycles. The lowest BCUT2D eigenvalue weighted by Crippen LogP contribution is -2.27. The predicted octanol–water partition coefficient (Wildman–Crippen LogP) is 4.15. The van der Waals surface area contributed by atoms with Gasteiger partial charge in [0.25, 0.3) is 5.91 Å². The van der Waals surface area contributed by atoms with Crippen LogP contribution in [0.15, 0.2) is 54.9 Å². The fourth-order valence-corrected chi connectivity index (χ4v) is 4.01. The normalized spacial score (nSPS) is 14.7. The number of hydrogen-bond acceptors (Lipinski definition) is 4. The van der Waals surface area contributed by atoms with Crippen LogP contribution in [0.1, 0.15) is 52.0 Å². The van der Waals surface area contributed by atoms with E-state index in [4.69, 9.17) is 10.5 Å². The number of aryl methyl sites for hydroxylation is 2. The molecule has 166 valence electrons. The quantitative estimate of drug-likeness (QED) is 0.616. The molecule has 32 heavy (non-hydrogen) atoms. The minimum Gasteiger partial charge on any atom is -0.377 e. The number of aromatic nitrogens is 2. The lowest BCUT2D eigenvalue weighted by molar-refractivity contribution is 0.0939. The monoisotopic (exact) mass is 430 g/mol. The molecular formula is C26H30N4O2. The number of benzene rings is 2. The van der Waals surface area contributed by atoms with Crippen LogP contribution in [-0.2, 0) is 18.3 Å². The first kappa shape index (κ1) is 22.0. The average molecular weight is 431 g/mol. The van der Waals surface area contributed by atoms with E-state index in [-0.39, 0.29) is 11.9 Å². The molecule has 6 heteroatoms. The van der Waals surface area contributed by atoms with Crippen molar-refractivity contribution in [3.63, 3.8) is 0 Å². The predicted molar refractivity (Wildman–Crippen MR) is 127 cm³/mol. The molecule has 0 saturated heterocycles. The second kappa shape index (κ2) is 9.51. The molecule has 1 atom stereocenters. The highest BCUT2D eigenvalue weighted by molar-refractivity contribution is 5.96. The summed E-state index contributed by atoms with van der Waals surface area (Å²) in [7, 11) is 1.91. The molecule has 0 spiro atoms. The van der Waals surface area contributed by atoms with Crippen LogP contribution in [0.2, 0.25) is 0 Å². The number of nitrogens with two attached hydrogens (primary N) is 1. The zero-order valence-electron chi connectivity index (χ0n) is 18.9. The first-order valence-electron chi connectivity index (χ1n) is 11.0. The minimum atomic E-state index is -0.167. The topological polar surface area (TPSA) is 82.2 Å². The van der Waals surface area contributed by atoms with Crippen LogP contribution in [0.25, 0.3) is 16.7 Å². The van der Waals surface area contributed by atoms with E-state index < -0.39 is 0 Å². The molecular weight excluding hydrogens is 400 g/mol. The van der Waals surface area contributed by atoms with Crippen LogP contribution in [0.5, 0.6) is 0 Å². The van der Waals surface area contributed by atoms with Crippen LogP contribution in [0.3, 0.4) is 0 Å². The average Bonchev–Trinajstić information content (AvgIpc) is 3.26. The van der Waals surface area contributed by atoms with Crippen molar-refractivity contribution in [2.45, 2.75) is 32.9 Å². The van der Waals surface area contributed by atoms with E-state index in [2.05, 4.69) is 34.7 Å². The van der Waals surface area contributed by atoms with Gasteiger partial charge in [-0.05, 0) is 77.9 Å². The van der Waals surface area contributed by atoms with Gasteiger partial charge in [-0.25, -0.2) is 0 Å². The van der Waals surface area contributed by atoms with Gasteiger partial charge in [0.05, 0.1) is 25.5 Å². The summed E-state index contributed by atoms with van der Waals surface area (Å²) in [5, 5.41) is 7.50. The van der Waals surface area contributed by atoms with Gasteiger partial charge in [0.2, 0.25) is 0 Å². The van der Waals surface area contributed by atoms with Gasteiger partial charge in [0.15, 0.2) is 0 Å². The van der Waals surface area contributed by atoms with E-state index in [9.17, 15) is 4.79 Å². The molecule has 1 aromatic heterocycles. The summed E-state index contributed by atoms with van der Waals surface area (Å²) < 4.78 is 7.29. The van der Waals surface area contributed by atoms with Crippen LogP contribution >= 0.6 is 0 Å². The molecule has 1 aliphatic heterocycles. The number of ether oxygens (including phenoxy) is 1. The maximum absolute atomic E-state index is 13.1. The van der Waals surface area contributed by atoms with Gasteiger partial charge < -0.3 is 15.8 Å². The Balaban J connectivity index is 1.67. The number of amides is 1. The summed E-state index contributed by atoms with van der Waals surface area (Å²) in [6.07, 6.45) is 6.89. The molecule has 4 rings (SSSR count). The third-order valence-electron chi connectivity index (χ3n) is 5.96. The Labute approximate surface area is 189 Å². The zero-order valence-corrected chi connectivity index (χ0v) is 18.9. The summed E-state index contributed by atoms with van der Waals surface area (Å²) >= 11 is 0. The van der Waals surface area contributed by atoms with Crippen molar-refractivity contribution in [2.24, 2.45) is 12.8 Å². The summed E-state index contributed by atoms with van der Waals surface area (Å²) in [4.78, 5) is 13.1. The van der Waals surface area contributed by atoms with Gasteiger partial charge in [-0.15, -0.1) is 0 Å². The molecule has 2 heterocycles. The largest absolute Gasteiger partial charge is 0.377 e. The van der Waals surface area contributed by atoms with Crippen LogP contribution < -0.4 is 11.1 Å². The first-order valence-corrected chi connectivity index (χ1v) is 11.0. The number of carbonyl (C=O) groups excluding carboxylic acids is 1. The van der Waals surface area contributed by atoms with Crippen molar-refractivity contribution in [2.75, 3.05) is 13.2 Å². The molecule has 0 bridgehead atoms. The van der Waals surface area contributed by atoms with Crippen molar-refractivity contribution in [3.8, 4) is 11.1 Å². The summed E-state index contributed by atoms with van der Waals surface area (Å²) in [6.45, 7) is 5.72. The summed E-state index contributed by atoms with van der Waals surface area (Å²) in [6, 6.07) is 12.1. The van der Waals surface area contributed by atoms with E-state index in [1.165, 1.54) is 5.57 Å². The lowest BCUT2D eigenvalue weighted by Gasteiger charge is -2.20. The van der Waals surface area contributed by atoms with Crippen LogP contribution in [0.4, 0.5) is 0 Å². The fraction of sp³-hybridized carbons (Fsp3) is 0.308. The Morgan fingerprint density at radius 2 is 2.03 bits per heavy atom. The Hall–Kier alpha value is -3.22. The Bertz CT molecular complexity index is 1160. The highest BCUT2D eigenvalue weighted by atomic mass is 16.5. The molecule has 0 aliphatic carbocycles. The van der Waals surface area contributed by atoms with Crippen LogP contribution in [-0.4, -0.2) is 28.9 Å². The highest BCUT2D eigenvalue weighted by Gasteiger charge is 2.17. The molecule has 0 saturated carbocycles. The second-order valence-electron chi connectivity index (χ2n) is 8.35. The summed E-state index contributed by atoms with van der Waals surface area (Å²) in [5.74, 6) is -0.0936. The molecule has 3 N–H and O–H groups in total. The smallest absolute Gasteiger partial charge is 0.252 e. The van der Waals surface area contributed by atoms with Crippen LogP contribution in [0, 0.1) is 6.92 Å². The maximum Gasteiger partial charge on any atom is 0.252 e. The minimum absolute atomic E-state index is 0.0936. The first-order chi connectivity index (χ1) is 15.4. The number of nitrogens with one attached hydrogen (secondary N) is 1. The Morgan fingerprint density at radius 3 is 2.72 bits per heavy atom. The third kappa shape index (κ3) is 4.82. The van der Waals surface area contributed by atoms with Crippen molar-refractivity contribution < 1.29 is 9.53 Å². The third-order valence-corrected chi connectivity index (χ3v) is 5.96. The van der Waals surface area contributed by atoms with E-state index in [1.54, 1.807) is 4.68 Å². The van der Waals surface area contributed by atoms with E-state index in [1.807, 2.05) is 51.5 Å². The molecule has 1 amide bonds. The van der Waals surface area contributed by atoms with Gasteiger partial charge >= 0.3 is 0 Å². The van der Waals surface area contributed by atoms with Crippen molar-refractivity contribution in [1.29, 1.82) is 0 Å². The maximum atomic E-state index is 13.1. The van der Waals surface area contributed by atoms with Gasteiger partial charge in [0.1, 0.15) is 0 Å². The summed E-state index contributed by atoms with van der Waals surface area (Å²) in [5.41, 5.74) is 13.9. The van der Waals surface area contributed by atoms with Gasteiger partial charge in [-0.3, -0.25) is 9.48 Å². The SMILES string of the molecule is Cc1ccc(CN)cc1C(=O)N[C@H](C)c1cc(C2=CCOCC2)cc(-c2cnn(C)c2)c1. The Morgan fingerprint density at radius 1 is 1.22 bits per heavy atom. The molecule has 0 radical (unpaired) electrons. The van der Waals surface area contributed by atoms with Crippen molar-refractivity contribution in [3.05, 3.63) is 82.7 Å². The number of carbonyl (C=O) groups is 1. The molecule has 0 fully saturated rings. The standard InChI is InChI=1S/C26H30N4O2/c1-17-4-5-19(14-27)10-25(17)26(31)29-18(2)21-11-22(20-6-8-32-9-7-20)13-23(12-21)24-15-28-30(3)16-24/h4-6,10-13,15-16,18H,7-9,14,27H2,1-3H3,(H,29,31)/t18-/m1/s1. The molecule has 1 aliphatic rings. The van der Waals surface area contributed by atoms with Crippen molar-refractivity contribution in [1.82, 2.24) is 15.1 Å². The highest BCUT2D eigenvalue weighted by Crippen LogP contribution is 2.30. The number of nitrogens with zero attached hydrogens (tertiary/aromatic N) is 2. The molecule has 6 nitrogen and oxygen atoms in total. The van der Waals surface area contributed by atoms with Gasteiger partial charge in [0, 0.05) is 30.9 Å².